The van der Waals surface area contributed by atoms with Crippen LogP contribution in [0.15, 0.2) is 0 Å². The second-order valence-electron chi connectivity index (χ2n) is 2.90. The number of anilines is 1. The van der Waals surface area contributed by atoms with Gasteiger partial charge in [0.15, 0.2) is 6.61 Å². The first-order valence-corrected chi connectivity index (χ1v) is 5.28. The molecule has 9 heteroatoms. The van der Waals surface area contributed by atoms with Crippen LogP contribution in [0.2, 0.25) is 15.2 Å². The molecule has 0 aliphatic carbocycles. The first-order valence-electron chi connectivity index (χ1n) is 4.15. The van der Waals surface area contributed by atoms with Crippen LogP contribution in [0.4, 0.5) is 5.69 Å². The molecule has 5 N–H and O–H groups in total. The number of carbonyl (C=O) groups is 2. The molecule has 92 valence electrons. The molecule has 0 fully saturated rings. The third-order valence-electron chi connectivity index (χ3n) is 1.67. The fourth-order valence-corrected chi connectivity index (χ4v) is 1.52. The number of primary amides is 1. The molecule has 1 aromatic heterocycles. The van der Waals surface area contributed by atoms with Crippen LogP contribution in [-0.2, 0) is 9.53 Å². The lowest BCUT2D eigenvalue weighted by molar-refractivity contribution is -0.380. The number of nitrogen functional groups attached to an aromatic ring is 1. The number of aromatic nitrogens is 1. The van der Waals surface area contributed by atoms with Crippen molar-refractivity contribution in [3.05, 3.63) is 20.9 Å². The summed E-state index contributed by atoms with van der Waals surface area (Å²) >= 11 is 17.1. The van der Waals surface area contributed by atoms with Crippen LogP contribution in [0.25, 0.3) is 0 Å². The lowest BCUT2D eigenvalue weighted by atomic mass is 10.3. The molecule has 0 aliphatic heterocycles. The van der Waals surface area contributed by atoms with Crippen LogP contribution < -0.4 is 16.5 Å². The smallest absolute Gasteiger partial charge is 0.405 e. The number of carbonyl (C=O) groups excluding carboxylic acids is 2. The van der Waals surface area contributed by atoms with Gasteiger partial charge < -0.3 is 16.2 Å². The molecule has 0 radical (unpaired) electrons. The minimum atomic E-state index is -0.918. The van der Waals surface area contributed by atoms with Crippen LogP contribution in [0.1, 0.15) is 10.5 Å². The van der Waals surface area contributed by atoms with Crippen molar-refractivity contribution in [3.8, 4) is 0 Å². The number of esters is 1. The zero-order valence-corrected chi connectivity index (χ0v) is 10.5. The van der Waals surface area contributed by atoms with Gasteiger partial charge >= 0.3 is 11.7 Å². The summed E-state index contributed by atoms with van der Waals surface area (Å²) in [6.07, 6.45) is 0. The number of pyridine rings is 1. The van der Waals surface area contributed by atoms with E-state index < -0.39 is 18.5 Å². The van der Waals surface area contributed by atoms with Crippen LogP contribution in [0, 0.1) is 0 Å². The highest BCUT2D eigenvalue weighted by atomic mass is 35.5. The fraction of sp³-hybridized carbons (Fsp3) is 0.125. The Labute approximate surface area is 111 Å². The summed E-state index contributed by atoms with van der Waals surface area (Å²) in [5, 5.41) is -0.225. The normalized spacial score (nSPS) is 10.1. The molecule has 1 aromatic rings. The van der Waals surface area contributed by atoms with E-state index in [1.54, 1.807) is 0 Å². The standard InChI is InChI=1S/C8H6Cl3N3O3/c9-3-5(13)4(10)7(11)14-6(3)8(16)17-1-2(12)15/h1H2,(H2,12,15)(H2,13,14)/p+1. The maximum atomic E-state index is 11.5. The summed E-state index contributed by atoms with van der Waals surface area (Å²) < 4.78 is 4.53. The van der Waals surface area contributed by atoms with Crippen LogP contribution in [0.3, 0.4) is 0 Å². The molecule has 0 saturated heterocycles. The molecule has 1 rings (SSSR count). The van der Waals surface area contributed by atoms with E-state index in [-0.39, 0.29) is 26.6 Å². The van der Waals surface area contributed by atoms with Crippen molar-refractivity contribution in [2.75, 3.05) is 12.3 Å². The van der Waals surface area contributed by atoms with Gasteiger partial charge in [-0.05, 0) is 11.6 Å². The number of hydrogen-bond donors (Lipinski definition) is 2. The number of amides is 1. The molecule has 0 spiro atoms. The van der Waals surface area contributed by atoms with Gasteiger partial charge in [-0.1, -0.05) is 23.2 Å². The molecule has 0 saturated carbocycles. The van der Waals surface area contributed by atoms with Crippen molar-refractivity contribution < 1.29 is 19.3 Å². The second kappa shape index (κ2) is 5.39. The quantitative estimate of drug-likeness (QED) is 0.632. The van der Waals surface area contributed by atoms with Gasteiger partial charge in [-0.3, -0.25) is 4.79 Å². The number of rotatable bonds is 3. The third kappa shape index (κ3) is 3.12. The number of nitrogens with two attached hydrogens (primary N) is 2. The van der Waals surface area contributed by atoms with Gasteiger partial charge in [-0.15, -0.1) is 0 Å². The zero-order valence-electron chi connectivity index (χ0n) is 8.22. The maximum absolute atomic E-state index is 11.5. The van der Waals surface area contributed by atoms with Crippen LogP contribution >= 0.6 is 34.8 Å². The lowest BCUT2D eigenvalue weighted by Gasteiger charge is -2.03. The number of halogens is 3. The van der Waals surface area contributed by atoms with E-state index in [9.17, 15) is 9.59 Å². The van der Waals surface area contributed by atoms with Gasteiger partial charge in [0.25, 0.3) is 11.1 Å². The molecule has 1 amide bonds. The summed E-state index contributed by atoms with van der Waals surface area (Å²) in [5.41, 5.74) is 10.0. The van der Waals surface area contributed by atoms with E-state index in [1.807, 2.05) is 0 Å². The summed E-state index contributed by atoms with van der Waals surface area (Å²) in [7, 11) is 0. The monoisotopic (exact) mass is 298 g/mol. The highest BCUT2D eigenvalue weighted by Crippen LogP contribution is 2.32. The Hall–Kier alpha value is -1.24. The minimum absolute atomic E-state index is 0.0110. The largest absolute Gasteiger partial charge is 0.448 e. The Morgan fingerprint density at radius 2 is 1.82 bits per heavy atom. The predicted octanol–water partition coefficient (Wildman–Crippen LogP) is 0.685. The van der Waals surface area contributed by atoms with E-state index in [4.69, 9.17) is 46.3 Å². The highest BCUT2D eigenvalue weighted by Gasteiger charge is 2.27. The van der Waals surface area contributed by atoms with E-state index >= 15 is 0 Å². The molecule has 1 heterocycles. The molecule has 0 atom stereocenters. The number of hydrogen-bond acceptors (Lipinski definition) is 4. The maximum Gasteiger partial charge on any atom is 0.405 e. The number of ether oxygens (including phenoxy) is 1. The molecular weight excluding hydrogens is 292 g/mol. The second-order valence-corrected chi connectivity index (χ2v) is 4.03. The topological polar surface area (TPSA) is 110 Å². The Bertz CT molecular complexity index is 493. The number of aromatic amines is 1. The summed E-state index contributed by atoms with van der Waals surface area (Å²) in [5.74, 6) is -1.72. The molecule has 0 unspecified atom stereocenters. The Morgan fingerprint density at radius 3 is 2.35 bits per heavy atom. The van der Waals surface area contributed by atoms with Gasteiger partial charge in [0.05, 0.1) is 5.69 Å². The number of nitrogens with one attached hydrogen (secondary N) is 1. The number of H-pyrrole nitrogens is 1. The Balaban J connectivity index is 3.06. The van der Waals surface area contributed by atoms with Crippen molar-refractivity contribution in [1.29, 1.82) is 0 Å². The predicted molar refractivity (Wildman–Crippen MR) is 61.9 cm³/mol. The Morgan fingerprint density at radius 1 is 1.24 bits per heavy atom. The van der Waals surface area contributed by atoms with Crippen molar-refractivity contribution in [2.24, 2.45) is 5.73 Å². The summed E-state index contributed by atoms with van der Waals surface area (Å²) in [6, 6.07) is 0. The van der Waals surface area contributed by atoms with Crippen molar-refractivity contribution in [2.45, 2.75) is 0 Å². The average Bonchev–Trinajstić information content (AvgIpc) is 2.28. The molecular formula is C8H7Cl3N3O3+. The summed E-state index contributed by atoms with van der Waals surface area (Å²) in [4.78, 5) is 24.3. The molecule has 6 nitrogen and oxygen atoms in total. The van der Waals surface area contributed by atoms with E-state index in [2.05, 4.69) is 9.72 Å². The van der Waals surface area contributed by atoms with E-state index in [0.717, 1.165) is 0 Å². The van der Waals surface area contributed by atoms with Gasteiger partial charge in [-0.2, -0.15) is 4.98 Å². The first kappa shape index (κ1) is 13.8. The third-order valence-corrected chi connectivity index (χ3v) is 2.83. The minimum Gasteiger partial charge on any atom is -0.448 e. The fourth-order valence-electron chi connectivity index (χ4n) is 0.918. The molecule has 0 bridgehead atoms. The SMILES string of the molecule is NC(=O)COC(=O)c1[nH+]c(Cl)c(Cl)c(N)c1Cl. The van der Waals surface area contributed by atoms with Crippen LogP contribution in [-0.4, -0.2) is 18.5 Å². The molecule has 0 aromatic carbocycles. The van der Waals surface area contributed by atoms with E-state index in [0.29, 0.717) is 0 Å². The molecule has 17 heavy (non-hydrogen) atoms. The van der Waals surface area contributed by atoms with Gasteiger partial charge in [0, 0.05) is 0 Å². The van der Waals surface area contributed by atoms with E-state index in [1.165, 1.54) is 0 Å². The van der Waals surface area contributed by atoms with Gasteiger partial charge in [-0.25, -0.2) is 4.79 Å². The highest BCUT2D eigenvalue weighted by molar-refractivity contribution is 6.45. The van der Waals surface area contributed by atoms with Crippen molar-refractivity contribution >= 4 is 52.4 Å². The van der Waals surface area contributed by atoms with Gasteiger partial charge in [0.1, 0.15) is 10.0 Å². The van der Waals surface area contributed by atoms with Crippen molar-refractivity contribution in [1.82, 2.24) is 0 Å². The van der Waals surface area contributed by atoms with Gasteiger partial charge in [0.2, 0.25) is 0 Å². The lowest BCUT2D eigenvalue weighted by Crippen LogP contribution is -2.26. The van der Waals surface area contributed by atoms with Crippen LogP contribution in [0.5, 0.6) is 0 Å². The van der Waals surface area contributed by atoms with Crippen molar-refractivity contribution in [3.63, 3.8) is 0 Å². The zero-order chi connectivity index (χ0) is 13.2. The first-order chi connectivity index (χ1) is 7.84. The molecule has 0 aliphatic rings. The summed E-state index contributed by atoms with van der Waals surface area (Å²) in [6.45, 7) is -0.580. The average molecular weight is 300 g/mol. The Kier molecular flexibility index (Phi) is 4.39.